The number of aliphatic hydroxyl groups excluding tert-OH is 7. The van der Waals surface area contributed by atoms with Gasteiger partial charge in [0.15, 0.2) is 6.29 Å². The van der Waals surface area contributed by atoms with Gasteiger partial charge in [0.05, 0.1) is 25.4 Å². The van der Waals surface area contributed by atoms with Gasteiger partial charge in [-0.25, -0.2) is 0 Å². The molecule has 412 valence electrons. The summed E-state index contributed by atoms with van der Waals surface area (Å²) in [6.45, 7) is 3.44. The van der Waals surface area contributed by atoms with Crippen LogP contribution in [-0.4, -0.2) is 110 Å². The molecule has 1 aliphatic rings. The lowest BCUT2D eigenvalue weighted by atomic mass is 9.98. The highest BCUT2D eigenvalue weighted by Crippen LogP contribution is 2.23. The van der Waals surface area contributed by atoms with Gasteiger partial charge in [0.1, 0.15) is 36.6 Å². The van der Waals surface area contributed by atoms with Gasteiger partial charge in [-0.2, -0.15) is 0 Å². The lowest BCUT2D eigenvalue weighted by Gasteiger charge is -2.40. The monoisotopic (exact) mass is 994 g/mol. The number of nitrogens with one attached hydrogen (secondary N) is 1. The van der Waals surface area contributed by atoms with Crippen LogP contribution in [0.5, 0.6) is 0 Å². The number of hydrogen-bond acceptors (Lipinski definition) is 10. The lowest BCUT2D eigenvalue weighted by molar-refractivity contribution is -0.303. The second-order valence-electron chi connectivity index (χ2n) is 20.7. The zero-order valence-electron chi connectivity index (χ0n) is 45.0. The van der Waals surface area contributed by atoms with E-state index in [0.29, 0.717) is 19.3 Å². The second-order valence-corrected chi connectivity index (χ2v) is 20.7. The molecule has 0 aliphatic carbocycles. The van der Waals surface area contributed by atoms with Crippen LogP contribution in [0.3, 0.4) is 0 Å². The Labute approximate surface area is 428 Å². The van der Waals surface area contributed by atoms with Gasteiger partial charge in [-0.3, -0.25) is 4.79 Å². The highest BCUT2D eigenvalue weighted by molar-refractivity contribution is 5.80. The van der Waals surface area contributed by atoms with Crippen LogP contribution in [0.25, 0.3) is 0 Å². The molecule has 0 radical (unpaired) electrons. The molecule has 1 saturated heterocycles. The predicted octanol–water partition coefficient (Wildman–Crippen LogP) is 12.3. The molecule has 8 N–H and O–H groups in total. The van der Waals surface area contributed by atoms with Crippen molar-refractivity contribution in [1.29, 1.82) is 0 Å². The van der Waals surface area contributed by atoms with Crippen molar-refractivity contribution in [2.45, 2.75) is 319 Å². The minimum absolute atomic E-state index is 0.242. The maximum Gasteiger partial charge on any atom is 0.249 e. The van der Waals surface area contributed by atoms with E-state index in [-0.39, 0.29) is 12.8 Å². The lowest BCUT2D eigenvalue weighted by Crippen LogP contribution is -2.60. The van der Waals surface area contributed by atoms with Crippen LogP contribution >= 0.6 is 0 Å². The van der Waals surface area contributed by atoms with Crippen molar-refractivity contribution in [2.75, 3.05) is 13.2 Å². The van der Waals surface area contributed by atoms with Crippen LogP contribution in [0.15, 0.2) is 36.5 Å². The molecular formula is C59H111NO10. The number of allylic oxidation sites excluding steroid dienone is 6. The van der Waals surface area contributed by atoms with E-state index in [1.807, 2.05) is 0 Å². The number of amides is 1. The van der Waals surface area contributed by atoms with Gasteiger partial charge in [-0.1, -0.05) is 237 Å². The maximum atomic E-state index is 13.1. The summed E-state index contributed by atoms with van der Waals surface area (Å²) in [7, 11) is 0. The van der Waals surface area contributed by atoms with E-state index in [1.54, 1.807) is 0 Å². The third kappa shape index (κ3) is 36.3. The van der Waals surface area contributed by atoms with Crippen LogP contribution in [0.4, 0.5) is 0 Å². The molecule has 0 aromatic rings. The molecule has 0 aromatic heterocycles. The number of carbonyl (C=O) groups excluding carboxylic acids is 1. The molecule has 1 fully saturated rings. The fraction of sp³-hybridized carbons (Fsp3) is 0.881. The minimum atomic E-state index is -1.67. The first-order valence-electron chi connectivity index (χ1n) is 29.4. The van der Waals surface area contributed by atoms with Crippen LogP contribution < -0.4 is 5.32 Å². The van der Waals surface area contributed by atoms with Crippen molar-refractivity contribution < 1.29 is 50.0 Å². The number of aliphatic hydroxyl groups is 7. The number of hydrogen-bond donors (Lipinski definition) is 8. The quantitative estimate of drug-likeness (QED) is 0.0215. The van der Waals surface area contributed by atoms with Crippen molar-refractivity contribution in [1.82, 2.24) is 5.32 Å². The Balaban J connectivity index is 2.29. The molecule has 1 heterocycles. The highest BCUT2D eigenvalue weighted by Gasteiger charge is 2.44. The van der Waals surface area contributed by atoms with Crippen molar-refractivity contribution in [2.24, 2.45) is 0 Å². The van der Waals surface area contributed by atoms with Gasteiger partial charge in [0.2, 0.25) is 5.91 Å². The van der Waals surface area contributed by atoms with E-state index in [0.717, 1.165) is 44.9 Å². The van der Waals surface area contributed by atoms with Gasteiger partial charge in [0.25, 0.3) is 0 Å². The van der Waals surface area contributed by atoms with Crippen molar-refractivity contribution in [3.63, 3.8) is 0 Å². The third-order valence-electron chi connectivity index (χ3n) is 14.2. The van der Waals surface area contributed by atoms with E-state index in [2.05, 4.69) is 55.6 Å². The standard InChI is InChI=1S/C59H111NO10/c1-3-5-7-9-11-13-15-17-18-19-20-21-22-23-24-25-26-27-28-29-30-31-32-33-35-36-38-40-42-44-46-51(62)54(64)50(49-69-59-57(67)56(66)55(65)53(48-61)70-59)60-58(68)52(63)47-45-43-41-39-37-34-16-14-12-10-8-6-4-2/h28-29,32-33,38,40,50-57,59,61-67H,3-27,30-31,34-37,39,41-49H2,1-2H3,(H,60,68)/b29-28+,33-32+,40-38+. The summed E-state index contributed by atoms with van der Waals surface area (Å²) in [5.41, 5.74) is 0. The average molecular weight is 995 g/mol. The molecule has 0 spiro atoms. The molecule has 70 heavy (non-hydrogen) atoms. The first-order chi connectivity index (χ1) is 34.2. The Morgan fingerprint density at radius 2 is 0.857 bits per heavy atom. The number of rotatable bonds is 50. The normalized spacial score (nSPS) is 20.5. The molecule has 1 amide bonds. The van der Waals surface area contributed by atoms with Gasteiger partial charge in [-0.05, 0) is 64.2 Å². The topological polar surface area (TPSA) is 189 Å². The zero-order chi connectivity index (χ0) is 51.1. The Morgan fingerprint density at radius 1 is 0.486 bits per heavy atom. The average Bonchev–Trinajstić information content (AvgIpc) is 3.36. The Bertz CT molecular complexity index is 1230. The predicted molar refractivity (Wildman–Crippen MR) is 289 cm³/mol. The number of unbranched alkanes of at least 4 members (excludes halogenated alkanes) is 32. The molecule has 1 aliphatic heterocycles. The summed E-state index contributed by atoms with van der Waals surface area (Å²) in [4.78, 5) is 13.1. The van der Waals surface area contributed by atoms with Gasteiger partial charge >= 0.3 is 0 Å². The largest absolute Gasteiger partial charge is 0.394 e. The van der Waals surface area contributed by atoms with Crippen molar-refractivity contribution >= 4 is 5.91 Å². The molecule has 9 unspecified atom stereocenters. The van der Waals surface area contributed by atoms with Gasteiger partial charge < -0.3 is 50.5 Å². The number of carbonyl (C=O) groups is 1. The van der Waals surface area contributed by atoms with Crippen LogP contribution in [0.2, 0.25) is 0 Å². The zero-order valence-corrected chi connectivity index (χ0v) is 45.0. The number of ether oxygens (including phenoxy) is 2. The smallest absolute Gasteiger partial charge is 0.249 e. The Hall–Kier alpha value is -1.67. The molecule has 1 rings (SSSR count). The summed E-state index contributed by atoms with van der Waals surface area (Å²) < 4.78 is 11.1. The Morgan fingerprint density at radius 3 is 1.27 bits per heavy atom. The fourth-order valence-electron chi connectivity index (χ4n) is 9.36. The maximum absolute atomic E-state index is 13.1. The molecule has 0 aromatic carbocycles. The fourth-order valence-corrected chi connectivity index (χ4v) is 9.36. The van der Waals surface area contributed by atoms with Crippen LogP contribution in [-0.2, 0) is 14.3 Å². The Kier molecular flexibility index (Phi) is 45.8. The van der Waals surface area contributed by atoms with Crippen LogP contribution in [0, 0.1) is 0 Å². The summed E-state index contributed by atoms with van der Waals surface area (Å²) in [5.74, 6) is -0.711. The molecular weight excluding hydrogens is 883 g/mol. The molecule has 0 bridgehead atoms. The van der Waals surface area contributed by atoms with Gasteiger partial charge in [-0.15, -0.1) is 0 Å². The van der Waals surface area contributed by atoms with E-state index in [9.17, 15) is 40.5 Å². The first-order valence-corrected chi connectivity index (χ1v) is 29.4. The first kappa shape index (κ1) is 66.3. The highest BCUT2D eigenvalue weighted by atomic mass is 16.7. The minimum Gasteiger partial charge on any atom is -0.394 e. The van der Waals surface area contributed by atoms with E-state index in [1.165, 1.54) is 173 Å². The summed E-state index contributed by atoms with van der Waals surface area (Å²) in [6, 6.07) is -1.19. The van der Waals surface area contributed by atoms with E-state index in [4.69, 9.17) is 9.47 Å². The van der Waals surface area contributed by atoms with E-state index < -0.39 is 74.2 Å². The molecule has 9 atom stereocenters. The summed E-state index contributed by atoms with van der Waals surface area (Å²) in [6.07, 6.45) is 47.9. The SMILES string of the molecule is CCCCCCCCCCCCCCCCCCC/C=C/CC/C=C/CC/C=C/CCCC(O)C(O)C(COC1OC(CO)C(O)C(O)C1O)NC(=O)C(O)CCCCCCCCCCCCCCC. The third-order valence-corrected chi connectivity index (χ3v) is 14.2. The molecule has 0 saturated carbocycles. The summed E-state index contributed by atoms with van der Waals surface area (Å²) >= 11 is 0. The second kappa shape index (κ2) is 48.3. The summed E-state index contributed by atoms with van der Waals surface area (Å²) in [5, 5.41) is 76.0. The van der Waals surface area contributed by atoms with Gasteiger partial charge in [0, 0.05) is 0 Å². The van der Waals surface area contributed by atoms with Crippen molar-refractivity contribution in [3.8, 4) is 0 Å². The molecule has 11 nitrogen and oxygen atoms in total. The molecule has 11 heteroatoms. The van der Waals surface area contributed by atoms with Crippen LogP contribution in [0.1, 0.15) is 264 Å². The van der Waals surface area contributed by atoms with Crippen molar-refractivity contribution in [3.05, 3.63) is 36.5 Å². The van der Waals surface area contributed by atoms with E-state index >= 15 is 0 Å².